The summed E-state index contributed by atoms with van der Waals surface area (Å²) in [6.07, 6.45) is 8.45. The normalized spacial score (nSPS) is 24.8. The van der Waals surface area contributed by atoms with Crippen molar-refractivity contribution in [3.05, 3.63) is 0 Å². The van der Waals surface area contributed by atoms with E-state index >= 15 is 0 Å². The van der Waals surface area contributed by atoms with Crippen molar-refractivity contribution in [3.8, 4) is 0 Å². The van der Waals surface area contributed by atoms with Gasteiger partial charge in [0.2, 0.25) is 0 Å². The standard InChI is InChI=1S/C13H27NO/c1-3-7-12(10-14)13(2,15)11-8-5-4-6-9-11/h11-12,15H,3-10,14H2,1-2H3. The fourth-order valence-electron chi connectivity index (χ4n) is 3.02. The molecule has 3 N–H and O–H groups in total. The molecule has 2 heteroatoms. The van der Waals surface area contributed by atoms with Gasteiger partial charge in [-0.15, -0.1) is 0 Å². The first-order valence-corrected chi connectivity index (χ1v) is 6.55. The molecule has 0 radical (unpaired) electrons. The van der Waals surface area contributed by atoms with Crippen molar-refractivity contribution in [2.24, 2.45) is 17.6 Å². The first-order chi connectivity index (χ1) is 7.12. The van der Waals surface area contributed by atoms with Crippen LogP contribution < -0.4 is 5.73 Å². The molecular weight excluding hydrogens is 186 g/mol. The summed E-state index contributed by atoms with van der Waals surface area (Å²) >= 11 is 0. The molecule has 1 fully saturated rings. The second kappa shape index (κ2) is 5.86. The summed E-state index contributed by atoms with van der Waals surface area (Å²) in [5.41, 5.74) is 5.26. The van der Waals surface area contributed by atoms with Crippen LogP contribution in [-0.4, -0.2) is 17.3 Å². The monoisotopic (exact) mass is 213 g/mol. The lowest BCUT2D eigenvalue weighted by Gasteiger charge is -2.41. The Bertz CT molecular complexity index is 167. The lowest BCUT2D eigenvalue weighted by molar-refractivity contribution is -0.0656. The molecule has 90 valence electrons. The molecule has 0 aromatic heterocycles. The highest BCUT2D eigenvalue weighted by Crippen LogP contribution is 2.38. The van der Waals surface area contributed by atoms with Gasteiger partial charge >= 0.3 is 0 Å². The van der Waals surface area contributed by atoms with E-state index in [9.17, 15) is 5.11 Å². The SMILES string of the molecule is CCCC(CN)C(C)(O)C1CCCCC1. The number of aliphatic hydroxyl groups is 1. The maximum Gasteiger partial charge on any atom is 0.0687 e. The van der Waals surface area contributed by atoms with Gasteiger partial charge in [-0.2, -0.15) is 0 Å². The summed E-state index contributed by atoms with van der Waals surface area (Å²) in [4.78, 5) is 0. The molecule has 2 atom stereocenters. The van der Waals surface area contributed by atoms with Gasteiger partial charge in [-0.05, 0) is 44.6 Å². The van der Waals surface area contributed by atoms with Crippen LogP contribution >= 0.6 is 0 Å². The van der Waals surface area contributed by atoms with E-state index in [1.807, 2.05) is 6.92 Å². The minimum Gasteiger partial charge on any atom is -0.390 e. The van der Waals surface area contributed by atoms with E-state index in [2.05, 4.69) is 6.92 Å². The van der Waals surface area contributed by atoms with E-state index in [4.69, 9.17) is 5.73 Å². The second-order valence-corrected chi connectivity index (χ2v) is 5.28. The topological polar surface area (TPSA) is 46.2 Å². The molecule has 1 rings (SSSR count). The average molecular weight is 213 g/mol. The molecule has 2 nitrogen and oxygen atoms in total. The number of rotatable bonds is 5. The van der Waals surface area contributed by atoms with Crippen LogP contribution in [-0.2, 0) is 0 Å². The predicted molar refractivity (Wildman–Crippen MR) is 64.7 cm³/mol. The fraction of sp³-hybridized carbons (Fsp3) is 1.00. The third kappa shape index (κ3) is 3.18. The molecule has 0 bridgehead atoms. The molecule has 0 amide bonds. The van der Waals surface area contributed by atoms with Crippen molar-refractivity contribution in [2.75, 3.05) is 6.54 Å². The Morgan fingerprint density at radius 1 is 1.33 bits per heavy atom. The fourth-order valence-corrected chi connectivity index (χ4v) is 3.02. The van der Waals surface area contributed by atoms with Gasteiger partial charge in [-0.25, -0.2) is 0 Å². The molecule has 1 aliphatic carbocycles. The Balaban J connectivity index is 2.60. The first-order valence-electron chi connectivity index (χ1n) is 6.55. The third-order valence-electron chi connectivity index (χ3n) is 4.18. The highest BCUT2D eigenvalue weighted by molar-refractivity contribution is 4.90. The van der Waals surface area contributed by atoms with Crippen molar-refractivity contribution in [1.29, 1.82) is 0 Å². The molecule has 15 heavy (non-hydrogen) atoms. The minimum atomic E-state index is -0.537. The van der Waals surface area contributed by atoms with Crippen LogP contribution in [0.25, 0.3) is 0 Å². The zero-order valence-corrected chi connectivity index (χ0v) is 10.3. The first kappa shape index (κ1) is 13.0. The Hall–Kier alpha value is -0.0800. The average Bonchev–Trinajstić information content (AvgIpc) is 2.27. The molecule has 0 aromatic rings. The van der Waals surface area contributed by atoms with Crippen LogP contribution in [0.3, 0.4) is 0 Å². The number of hydrogen-bond acceptors (Lipinski definition) is 2. The summed E-state index contributed by atoms with van der Waals surface area (Å²) in [7, 11) is 0. The molecular formula is C13H27NO. The van der Waals surface area contributed by atoms with Crippen LogP contribution in [0.15, 0.2) is 0 Å². The maximum atomic E-state index is 10.7. The lowest BCUT2D eigenvalue weighted by Crippen LogP contribution is -2.46. The van der Waals surface area contributed by atoms with E-state index < -0.39 is 5.60 Å². The largest absolute Gasteiger partial charge is 0.390 e. The van der Waals surface area contributed by atoms with Crippen molar-refractivity contribution >= 4 is 0 Å². The predicted octanol–water partition coefficient (Wildman–Crippen LogP) is 2.69. The summed E-state index contributed by atoms with van der Waals surface area (Å²) in [5.74, 6) is 0.761. The molecule has 1 saturated carbocycles. The molecule has 0 saturated heterocycles. The Morgan fingerprint density at radius 2 is 1.93 bits per heavy atom. The summed E-state index contributed by atoms with van der Waals surface area (Å²) in [6, 6.07) is 0. The number of nitrogens with two attached hydrogens (primary N) is 1. The summed E-state index contributed by atoms with van der Waals surface area (Å²) < 4.78 is 0. The lowest BCUT2D eigenvalue weighted by atomic mass is 9.70. The third-order valence-corrected chi connectivity index (χ3v) is 4.18. The van der Waals surface area contributed by atoms with E-state index in [0.717, 1.165) is 12.8 Å². The highest BCUT2D eigenvalue weighted by atomic mass is 16.3. The molecule has 2 unspecified atom stereocenters. The zero-order chi connectivity index (χ0) is 11.3. The molecule has 0 aromatic carbocycles. The van der Waals surface area contributed by atoms with Crippen LogP contribution in [0, 0.1) is 11.8 Å². The van der Waals surface area contributed by atoms with Gasteiger partial charge in [0.25, 0.3) is 0 Å². The van der Waals surface area contributed by atoms with Gasteiger partial charge < -0.3 is 10.8 Å². The molecule has 1 aliphatic rings. The van der Waals surface area contributed by atoms with Crippen LogP contribution in [0.5, 0.6) is 0 Å². The molecule has 0 aliphatic heterocycles. The van der Waals surface area contributed by atoms with Crippen LogP contribution in [0.4, 0.5) is 0 Å². The van der Waals surface area contributed by atoms with E-state index in [0.29, 0.717) is 12.5 Å². The van der Waals surface area contributed by atoms with Crippen molar-refractivity contribution in [1.82, 2.24) is 0 Å². The van der Waals surface area contributed by atoms with E-state index in [-0.39, 0.29) is 5.92 Å². The second-order valence-electron chi connectivity index (χ2n) is 5.28. The maximum absolute atomic E-state index is 10.7. The van der Waals surface area contributed by atoms with E-state index in [1.165, 1.54) is 32.1 Å². The molecule has 0 heterocycles. The van der Waals surface area contributed by atoms with Gasteiger partial charge in [0.05, 0.1) is 5.60 Å². The zero-order valence-electron chi connectivity index (χ0n) is 10.3. The van der Waals surface area contributed by atoms with Gasteiger partial charge in [0.15, 0.2) is 0 Å². The van der Waals surface area contributed by atoms with Gasteiger partial charge in [-0.3, -0.25) is 0 Å². The van der Waals surface area contributed by atoms with Crippen molar-refractivity contribution < 1.29 is 5.11 Å². The quantitative estimate of drug-likeness (QED) is 0.737. The summed E-state index contributed by atoms with van der Waals surface area (Å²) in [6.45, 7) is 4.80. The number of hydrogen-bond donors (Lipinski definition) is 2. The van der Waals surface area contributed by atoms with Gasteiger partial charge in [0, 0.05) is 0 Å². The minimum absolute atomic E-state index is 0.283. The highest BCUT2D eigenvalue weighted by Gasteiger charge is 2.38. The Morgan fingerprint density at radius 3 is 2.40 bits per heavy atom. The van der Waals surface area contributed by atoms with Crippen LogP contribution in [0.2, 0.25) is 0 Å². The Labute approximate surface area is 94.2 Å². The smallest absolute Gasteiger partial charge is 0.0687 e. The summed E-state index contributed by atoms with van der Waals surface area (Å²) in [5, 5.41) is 10.7. The Kier molecular flexibility index (Phi) is 5.07. The van der Waals surface area contributed by atoms with Gasteiger partial charge in [-0.1, -0.05) is 32.6 Å². The van der Waals surface area contributed by atoms with Crippen molar-refractivity contribution in [2.45, 2.75) is 64.4 Å². The van der Waals surface area contributed by atoms with E-state index in [1.54, 1.807) is 0 Å². The van der Waals surface area contributed by atoms with Gasteiger partial charge in [0.1, 0.15) is 0 Å². The molecule has 0 spiro atoms. The van der Waals surface area contributed by atoms with Crippen molar-refractivity contribution in [3.63, 3.8) is 0 Å². The van der Waals surface area contributed by atoms with Crippen LogP contribution in [0.1, 0.15) is 58.8 Å².